The van der Waals surface area contributed by atoms with Gasteiger partial charge < -0.3 is 20.3 Å². The second-order valence-electron chi connectivity index (χ2n) is 4.40. The van der Waals surface area contributed by atoms with Crippen molar-refractivity contribution in [1.82, 2.24) is 10.1 Å². The zero-order chi connectivity index (χ0) is 13.7. The summed E-state index contributed by atoms with van der Waals surface area (Å²) < 4.78 is 10.6. The molecule has 0 amide bonds. The highest BCUT2D eigenvalue weighted by atomic mass is 16.5. The lowest BCUT2D eigenvalue weighted by molar-refractivity contribution is 0.244. The van der Waals surface area contributed by atoms with Gasteiger partial charge in [-0.25, -0.2) is 0 Å². The number of hydrogen-bond acceptors (Lipinski definition) is 6. The first-order chi connectivity index (χ1) is 9.16. The van der Waals surface area contributed by atoms with Gasteiger partial charge in [0.1, 0.15) is 5.75 Å². The maximum atomic E-state index is 6.05. The SMILES string of the molecule is CC(C)Oc1cccc(NCCc2ncno2)c1N. The first-order valence-corrected chi connectivity index (χ1v) is 6.21. The summed E-state index contributed by atoms with van der Waals surface area (Å²) in [4.78, 5) is 3.95. The third kappa shape index (κ3) is 3.61. The number of rotatable bonds is 6. The maximum Gasteiger partial charge on any atom is 0.228 e. The lowest BCUT2D eigenvalue weighted by atomic mass is 10.2. The molecule has 6 nitrogen and oxygen atoms in total. The highest BCUT2D eigenvalue weighted by Crippen LogP contribution is 2.29. The largest absolute Gasteiger partial charge is 0.489 e. The minimum Gasteiger partial charge on any atom is -0.489 e. The second-order valence-corrected chi connectivity index (χ2v) is 4.40. The molecule has 0 aliphatic rings. The second kappa shape index (κ2) is 6.08. The summed E-state index contributed by atoms with van der Waals surface area (Å²) in [5.74, 6) is 1.29. The fraction of sp³-hybridized carbons (Fsp3) is 0.385. The van der Waals surface area contributed by atoms with E-state index in [2.05, 4.69) is 15.5 Å². The van der Waals surface area contributed by atoms with Gasteiger partial charge in [-0.2, -0.15) is 4.98 Å². The Kier molecular flexibility index (Phi) is 4.22. The van der Waals surface area contributed by atoms with Crippen LogP contribution in [0, 0.1) is 0 Å². The van der Waals surface area contributed by atoms with Crippen LogP contribution in [0.2, 0.25) is 0 Å². The zero-order valence-electron chi connectivity index (χ0n) is 11.1. The van der Waals surface area contributed by atoms with Gasteiger partial charge in [-0.1, -0.05) is 11.2 Å². The van der Waals surface area contributed by atoms with Crippen molar-refractivity contribution in [3.63, 3.8) is 0 Å². The monoisotopic (exact) mass is 262 g/mol. The van der Waals surface area contributed by atoms with Gasteiger partial charge in [0.05, 0.1) is 17.5 Å². The van der Waals surface area contributed by atoms with Crippen LogP contribution in [-0.2, 0) is 6.42 Å². The van der Waals surface area contributed by atoms with Crippen LogP contribution >= 0.6 is 0 Å². The van der Waals surface area contributed by atoms with E-state index in [-0.39, 0.29) is 6.10 Å². The fourth-order valence-electron chi connectivity index (χ4n) is 1.67. The molecular formula is C13H18N4O2. The normalized spacial score (nSPS) is 10.7. The minimum absolute atomic E-state index is 0.0935. The predicted molar refractivity (Wildman–Crippen MR) is 73.1 cm³/mol. The van der Waals surface area contributed by atoms with Gasteiger partial charge in [0.15, 0.2) is 6.33 Å². The topological polar surface area (TPSA) is 86.2 Å². The summed E-state index contributed by atoms with van der Waals surface area (Å²) in [6, 6.07) is 5.68. The van der Waals surface area contributed by atoms with Gasteiger partial charge in [0, 0.05) is 13.0 Å². The average Bonchev–Trinajstić information content (AvgIpc) is 2.86. The van der Waals surface area contributed by atoms with Crippen molar-refractivity contribution in [2.24, 2.45) is 0 Å². The van der Waals surface area contributed by atoms with Gasteiger partial charge in [0.25, 0.3) is 0 Å². The first kappa shape index (κ1) is 13.2. The Bertz CT molecular complexity index is 511. The van der Waals surface area contributed by atoms with Gasteiger partial charge in [-0.3, -0.25) is 0 Å². The number of para-hydroxylation sites is 1. The van der Waals surface area contributed by atoms with Gasteiger partial charge in [-0.05, 0) is 26.0 Å². The molecule has 6 heteroatoms. The number of nitrogens with zero attached hydrogens (tertiary/aromatic N) is 2. The molecule has 0 bridgehead atoms. The van der Waals surface area contributed by atoms with Crippen molar-refractivity contribution < 1.29 is 9.26 Å². The molecule has 0 unspecified atom stereocenters. The predicted octanol–water partition coefficient (Wildman–Crippen LogP) is 2.09. The Labute approximate surface area is 112 Å². The molecule has 2 aromatic rings. The minimum atomic E-state index is 0.0935. The lowest BCUT2D eigenvalue weighted by Gasteiger charge is -2.15. The molecule has 0 aliphatic carbocycles. The molecule has 0 saturated carbocycles. The number of nitrogen functional groups attached to an aromatic ring is 1. The van der Waals surface area contributed by atoms with Crippen LogP contribution < -0.4 is 15.8 Å². The van der Waals surface area contributed by atoms with Crippen LogP contribution in [-0.4, -0.2) is 22.8 Å². The van der Waals surface area contributed by atoms with Crippen LogP contribution in [0.25, 0.3) is 0 Å². The molecule has 102 valence electrons. The van der Waals surface area contributed by atoms with Crippen LogP contribution in [0.1, 0.15) is 19.7 Å². The van der Waals surface area contributed by atoms with E-state index in [9.17, 15) is 0 Å². The number of aromatic nitrogens is 2. The molecule has 0 atom stereocenters. The van der Waals surface area contributed by atoms with Crippen molar-refractivity contribution in [3.8, 4) is 5.75 Å². The summed E-state index contributed by atoms with van der Waals surface area (Å²) in [6.07, 6.45) is 2.13. The van der Waals surface area contributed by atoms with E-state index < -0.39 is 0 Å². The molecule has 0 spiro atoms. The van der Waals surface area contributed by atoms with Crippen molar-refractivity contribution in [2.75, 3.05) is 17.6 Å². The van der Waals surface area contributed by atoms with E-state index in [0.717, 1.165) is 5.69 Å². The van der Waals surface area contributed by atoms with E-state index in [1.165, 1.54) is 6.33 Å². The smallest absolute Gasteiger partial charge is 0.228 e. The number of benzene rings is 1. The average molecular weight is 262 g/mol. The first-order valence-electron chi connectivity index (χ1n) is 6.21. The highest BCUT2D eigenvalue weighted by Gasteiger charge is 2.07. The van der Waals surface area contributed by atoms with E-state index >= 15 is 0 Å². The molecule has 1 aromatic carbocycles. The Morgan fingerprint density at radius 1 is 1.42 bits per heavy atom. The Morgan fingerprint density at radius 3 is 2.95 bits per heavy atom. The molecule has 19 heavy (non-hydrogen) atoms. The molecule has 1 heterocycles. The number of hydrogen-bond donors (Lipinski definition) is 2. The molecule has 0 radical (unpaired) electrons. The molecule has 1 aromatic heterocycles. The summed E-state index contributed by atoms with van der Waals surface area (Å²) in [6.45, 7) is 4.60. The summed E-state index contributed by atoms with van der Waals surface area (Å²) in [5.41, 5.74) is 7.51. The number of anilines is 2. The Hall–Kier alpha value is -2.24. The number of ether oxygens (including phenoxy) is 1. The van der Waals surface area contributed by atoms with Gasteiger partial charge >= 0.3 is 0 Å². The Balaban J connectivity index is 1.96. The third-order valence-electron chi connectivity index (χ3n) is 2.49. The van der Waals surface area contributed by atoms with Crippen LogP contribution in [0.15, 0.2) is 29.0 Å². The van der Waals surface area contributed by atoms with Crippen LogP contribution in [0.5, 0.6) is 5.75 Å². The van der Waals surface area contributed by atoms with E-state index in [1.807, 2.05) is 32.0 Å². The molecule has 2 rings (SSSR count). The van der Waals surface area contributed by atoms with Crippen molar-refractivity contribution >= 4 is 11.4 Å². The standard InChI is InChI=1S/C13H18N4O2/c1-9(2)18-11-5-3-4-10(13(11)14)15-7-6-12-16-8-17-19-12/h3-5,8-9,15H,6-7,14H2,1-2H3. The van der Waals surface area contributed by atoms with Gasteiger partial charge in [0.2, 0.25) is 5.89 Å². The van der Waals surface area contributed by atoms with E-state index in [1.54, 1.807) is 0 Å². The van der Waals surface area contributed by atoms with Crippen molar-refractivity contribution in [3.05, 3.63) is 30.4 Å². The Morgan fingerprint density at radius 2 is 2.26 bits per heavy atom. The van der Waals surface area contributed by atoms with E-state index in [0.29, 0.717) is 30.3 Å². The highest BCUT2D eigenvalue weighted by molar-refractivity contribution is 5.72. The fourth-order valence-corrected chi connectivity index (χ4v) is 1.67. The molecule has 0 aliphatic heterocycles. The third-order valence-corrected chi connectivity index (χ3v) is 2.49. The van der Waals surface area contributed by atoms with E-state index in [4.69, 9.17) is 15.0 Å². The molecule has 0 fully saturated rings. The van der Waals surface area contributed by atoms with Gasteiger partial charge in [-0.15, -0.1) is 0 Å². The van der Waals surface area contributed by atoms with Crippen molar-refractivity contribution in [2.45, 2.75) is 26.4 Å². The van der Waals surface area contributed by atoms with Crippen LogP contribution in [0.4, 0.5) is 11.4 Å². The molecular weight excluding hydrogens is 244 g/mol. The quantitative estimate of drug-likeness (QED) is 0.775. The number of nitrogens with two attached hydrogens (primary N) is 1. The summed E-state index contributed by atoms with van der Waals surface area (Å²) >= 11 is 0. The van der Waals surface area contributed by atoms with Crippen LogP contribution in [0.3, 0.4) is 0 Å². The summed E-state index contributed by atoms with van der Waals surface area (Å²) in [5, 5.41) is 6.79. The summed E-state index contributed by atoms with van der Waals surface area (Å²) in [7, 11) is 0. The van der Waals surface area contributed by atoms with Crippen molar-refractivity contribution in [1.29, 1.82) is 0 Å². The number of nitrogens with one attached hydrogen (secondary N) is 1. The zero-order valence-corrected chi connectivity index (χ0v) is 11.1. The maximum absolute atomic E-state index is 6.05. The molecule has 0 saturated heterocycles. The lowest BCUT2D eigenvalue weighted by Crippen LogP contribution is -2.10. The molecule has 3 N–H and O–H groups in total.